The zero-order valence-corrected chi connectivity index (χ0v) is 13.3. The van der Waals surface area contributed by atoms with Crippen LogP contribution in [0.15, 0.2) is 22.7 Å². The van der Waals surface area contributed by atoms with Crippen LogP contribution in [0.4, 0.5) is 10.5 Å². The normalized spacial score (nSPS) is 11.8. The molecule has 1 aromatic rings. The Bertz CT molecular complexity index is 497. The number of nitrogens with one attached hydrogen (secondary N) is 2. The molecule has 5 nitrogen and oxygen atoms in total. The van der Waals surface area contributed by atoms with Gasteiger partial charge in [-0.15, -0.1) is 0 Å². The van der Waals surface area contributed by atoms with E-state index in [0.717, 1.165) is 4.47 Å². The van der Waals surface area contributed by atoms with Gasteiger partial charge in [-0.3, -0.25) is 4.79 Å². The lowest BCUT2D eigenvalue weighted by molar-refractivity contribution is -0.141. The van der Waals surface area contributed by atoms with Gasteiger partial charge in [0.2, 0.25) is 0 Å². The number of amides is 2. The van der Waals surface area contributed by atoms with Crippen molar-refractivity contribution in [3.8, 4) is 0 Å². The molecule has 1 rings (SSSR count). The summed E-state index contributed by atoms with van der Waals surface area (Å²) in [6.45, 7) is 2.05. The van der Waals surface area contributed by atoms with Crippen molar-refractivity contribution in [3.05, 3.63) is 27.7 Å². The number of hydrogen-bond acceptors (Lipinski definition) is 2. The lowest BCUT2D eigenvalue weighted by atomic mass is 10.1. The van der Waals surface area contributed by atoms with E-state index in [2.05, 4.69) is 26.6 Å². The molecule has 0 aliphatic rings. The van der Waals surface area contributed by atoms with E-state index < -0.39 is 11.9 Å². The number of halogens is 2. The Hall–Kier alpha value is -1.27. The molecule has 0 bridgehead atoms. The zero-order chi connectivity index (χ0) is 15.1. The van der Waals surface area contributed by atoms with Crippen LogP contribution >= 0.6 is 27.5 Å². The predicted molar refractivity (Wildman–Crippen MR) is 82.2 cm³/mol. The van der Waals surface area contributed by atoms with Gasteiger partial charge in [0.25, 0.3) is 0 Å². The van der Waals surface area contributed by atoms with E-state index in [1.165, 1.54) is 0 Å². The van der Waals surface area contributed by atoms with Crippen LogP contribution in [0, 0.1) is 5.92 Å². The first-order valence-electron chi connectivity index (χ1n) is 6.13. The number of aliphatic carboxylic acids is 1. The van der Waals surface area contributed by atoms with Gasteiger partial charge in [-0.25, -0.2) is 4.79 Å². The van der Waals surface area contributed by atoms with Crippen LogP contribution in [-0.4, -0.2) is 23.7 Å². The Balaban J connectivity index is 2.34. The lowest BCUT2D eigenvalue weighted by Gasteiger charge is -2.10. The van der Waals surface area contributed by atoms with Crippen LogP contribution in [0.3, 0.4) is 0 Å². The Morgan fingerprint density at radius 1 is 1.45 bits per heavy atom. The van der Waals surface area contributed by atoms with Crippen LogP contribution in [0.25, 0.3) is 0 Å². The van der Waals surface area contributed by atoms with Gasteiger partial charge in [0.15, 0.2) is 0 Å². The summed E-state index contributed by atoms with van der Waals surface area (Å²) in [5.74, 6) is -1.23. The average molecular weight is 364 g/mol. The number of hydrogen-bond donors (Lipinski definition) is 3. The molecule has 110 valence electrons. The smallest absolute Gasteiger partial charge is 0.319 e. The molecule has 0 radical (unpaired) electrons. The molecule has 2 amide bonds. The van der Waals surface area contributed by atoms with Crippen molar-refractivity contribution in [2.24, 2.45) is 5.92 Å². The molecule has 0 heterocycles. The second kappa shape index (κ2) is 8.11. The van der Waals surface area contributed by atoms with Gasteiger partial charge < -0.3 is 15.7 Å². The van der Waals surface area contributed by atoms with Crippen molar-refractivity contribution < 1.29 is 14.7 Å². The first-order valence-corrected chi connectivity index (χ1v) is 7.30. The van der Waals surface area contributed by atoms with Crippen molar-refractivity contribution >= 4 is 45.2 Å². The monoisotopic (exact) mass is 362 g/mol. The number of carboxylic acid groups (broad SMARTS) is 1. The van der Waals surface area contributed by atoms with Crippen molar-refractivity contribution in [2.75, 3.05) is 11.9 Å². The van der Waals surface area contributed by atoms with Crippen molar-refractivity contribution in [1.82, 2.24) is 5.32 Å². The number of carbonyl (C=O) groups is 2. The Morgan fingerprint density at radius 3 is 2.80 bits per heavy atom. The van der Waals surface area contributed by atoms with E-state index in [9.17, 15) is 9.59 Å². The number of rotatable bonds is 6. The Labute approximate surface area is 130 Å². The van der Waals surface area contributed by atoms with Crippen LogP contribution < -0.4 is 10.6 Å². The summed E-state index contributed by atoms with van der Waals surface area (Å²) in [5.41, 5.74) is 0.512. The number of benzene rings is 1. The van der Waals surface area contributed by atoms with Gasteiger partial charge >= 0.3 is 12.0 Å². The molecule has 0 spiro atoms. The minimum Gasteiger partial charge on any atom is -0.481 e. The molecule has 1 atom stereocenters. The van der Waals surface area contributed by atoms with E-state index in [-0.39, 0.29) is 6.03 Å². The highest BCUT2D eigenvalue weighted by Crippen LogP contribution is 2.25. The highest BCUT2D eigenvalue weighted by molar-refractivity contribution is 9.10. The molecule has 0 aromatic heterocycles. The summed E-state index contributed by atoms with van der Waals surface area (Å²) >= 11 is 9.24. The molecular weight excluding hydrogens is 348 g/mol. The average Bonchev–Trinajstić information content (AvgIpc) is 2.38. The highest BCUT2D eigenvalue weighted by Gasteiger charge is 2.10. The maximum Gasteiger partial charge on any atom is 0.319 e. The molecule has 0 aliphatic heterocycles. The maximum atomic E-state index is 11.6. The van der Waals surface area contributed by atoms with Crippen molar-refractivity contribution in [3.63, 3.8) is 0 Å². The van der Waals surface area contributed by atoms with Gasteiger partial charge in [0, 0.05) is 11.0 Å². The summed E-state index contributed by atoms with van der Waals surface area (Å²) in [7, 11) is 0. The van der Waals surface area contributed by atoms with Crippen LogP contribution in [-0.2, 0) is 4.79 Å². The number of urea groups is 1. The van der Waals surface area contributed by atoms with Crippen molar-refractivity contribution in [2.45, 2.75) is 19.8 Å². The molecular formula is C13H16BrClN2O3. The fraction of sp³-hybridized carbons (Fsp3) is 0.385. The summed E-state index contributed by atoms with van der Waals surface area (Å²) < 4.78 is 0.812. The van der Waals surface area contributed by atoms with Crippen LogP contribution in [0.1, 0.15) is 19.8 Å². The second-order valence-corrected chi connectivity index (χ2v) is 5.71. The van der Waals surface area contributed by atoms with Crippen molar-refractivity contribution in [1.29, 1.82) is 0 Å². The molecule has 0 fully saturated rings. The molecule has 0 saturated heterocycles. The standard InChI is InChI=1S/C13H16BrClN2O3/c1-8(12(18)19)3-2-6-16-13(20)17-11-7-9(14)4-5-10(11)15/h4-5,7-8H,2-3,6H2,1H3,(H,18,19)(H2,16,17,20). The molecule has 20 heavy (non-hydrogen) atoms. The summed E-state index contributed by atoms with van der Waals surface area (Å²) in [5, 5.41) is 14.5. The van der Waals surface area contributed by atoms with E-state index in [1.54, 1.807) is 25.1 Å². The number of carbonyl (C=O) groups excluding carboxylic acids is 1. The van der Waals surface area contributed by atoms with E-state index in [4.69, 9.17) is 16.7 Å². The Kier molecular flexibility index (Phi) is 6.81. The maximum absolute atomic E-state index is 11.6. The van der Waals surface area contributed by atoms with E-state index >= 15 is 0 Å². The highest BCUT2D eigenvalue weighted by atomic mass is 79.9. The van der Waals surface area contributed by atoms with Gasteiger partial charge in [-0.05, 0) is 31.0 Å². The quantitative estimate of drug-likeness (QED) is 0.674. The van der Waals surface area contributed by atoms with Gasteiger partial charge in [-0.1, -0.05) is 34.5 Å². The van der Waals surface area contributed by atoms with E-state index in [1.807, 2.05) is 0 Å². The number of anilines is 1. The minimum atomic E-state index is -0.824. The molecule has 0 saturated carbocycles. The lowest BCUT2D eigenvalue weighted by Crippen LogP contribution is -2.30. The molecule has 1 aromatic carbocycles. The second-order valence-electron chi connectivity index (χ2n) is 4.39. The minimum absolute atomic E-state index is 0.368. The SMILES string of the molecule is CC(CCCNC(=O)Nc1cc(Br)ccc1Cl)C(=O)O. The van der Waals surface area contributed by atoms with Crippen LogP contribution in [0.5, 0.6) is 0 Å². The Morgan fingerprint density at radius 2 is 2.15 bits per heavy atom. The van der Waals surface area contributed by atoms with Crippen LogP contribution in [0.2, 0.25) is 5.02 Å². The van der Waals surface area contributed by atoms with Gasteiger partial charge in [0.1, 0.15) is 0 Å². The fourth-order valence-electron chi connectivity index (χ4n) is 1.49. The fourth-order valence-corrected chi connectivity index (χ4v) is 2.02. The summed E-state index contributed by atoms with van der Waals surface area (Å²) in [4.78, 5) is 22.3. The molecule has 7 heteroatoms. The number of carboxylic acids is 1. The predicted octanol–water partition coefficient (Wildman–Crippen LogP) is 3.72. The first kappa shape index (κ1) is 16.8. The molecule has 1 unspecified atom stereocenters. The van der Waals surface area contributed by atoms with Gasteiger partial charge in [-0.2, -0.15) is 0 Å². The van der Waals surface area contributed by atoms with Gasteiger partial charge in [0.05, 0.1) is 16.6 Å². The first-order chi connectivity index (χ1) is 9.40. The summed E-state index contributed by atoms with van der Waals surface area (Å²) in [6, 6.07) is 4.79. The third kappa shape index (κ3) is 5.79. The largest absolute Gasteiger partial charge is 0.481 e. The topological polar surface area (TPSA) is 78.4 Å². The zero-order valence-electron chi connectivity index (χ0n) is 11.0. The van der Waals surface area contributed by atoms with E-state index in [0.29, 0.717) is 30.1 Å². The summed E-state index contributed by atoms with van der Waals surface area (Å²) in [6.07, 6.45) is 1.13. The third-order valence-corrected chi connectivity index (χ3v) is 3.52. The molecule has 0 aliphatic carbocycles. The molecule has 3 N–H and O–H groups in total. The third-order valence-electron chi connectivity index (χ3n) is 2.70.